The standard InChI is InChI=1S/C5H6N2O2S/c8-10(9)5-6-3-1-2-4-7-5/h1-4,10H,(H,6,7). The van der Waals surface area contributed by atoms with Crippen molar-refractivity contribution in [2.24, 2.45) is 4.99 Å². The monoisotopic (exact) mass is 158 g/mol. The third kappa shape index (κ3) is 1.70. The fourth-order valence-electron chi connectivity index (χ4n) is 0.479. The summed E-state index contributed by atoms with van der Waals surface area (Å²) in [6.45, 7) is 0. The largest absolute Gasteiger partial charge is 0.337 e. The number of thiol groups is 1. The van der Waals surface area contributed by atoms with Crippen LogP contribution in [0.3, 0.4) is 0 Å². The van der Waals surface area contributed by atoms with Crippen LogP contribution < -0.4 is 5.32 Å². The minimum atomic E-state index is -2.60. The second-order valence-corrected chi connectivity index (χ2v) is 2.49. The van der Waals surface area contributed by atoms with Gasteiger partial charge in [-0.25, -0.2) is 13.4 Å². The van der Waals surface area contributed by atoms with Crippen LogP contribution in [0.5, 0.6) is 0 Å². The lowest BCUT2D eigenvalue weighted by Crippen LogP contribution is -2.17. The predicted octanol–water partition coefficient (Wildman–Crippen LogP) is -0.416. The van der Waals surface area contributed by atoms with E-state index in [1.165, 1.54) is 12.4 Å². The van der Waals surface area contributed by atoms with Crippen molar-refractivity contribution in [3.8, 4) is 0 Å². The third-order valence-electron chi connectivity index (χ3n) is 0.876. The van der Waals surface area contributed by atoms with Gasteiger partial charge in [0.15, 0.2) is 0 Å². The van der Waals surface area contributed by atoms with Gasteiger partial charge in [0.2, 0.25) is 15.9 Å². The van der Waals surface area contributed by atoms with Crippen molar-refractivity contribution in [2.75, 3.05) is 0 Å². The van der Waals surface area contributed by atoms with Gasteiger partial charge < -0.3 is 5.32 Å². The van der Waals surface area contributed by atoms with Gasteiger partial charge in [-0.3, -0.25) is 0 Å². The first-order valence-electron chi connectivity index (χ1n) is 2.61. The highest BCUT2D eigenvalue weighted by molar-refractivity contribution is 7.89. The van der Waals surface area contributed by atoms with Gasteiger partial charge in [0.1, 0.15) is 0 Å². The zero-order valence-corrected chi connectivity index (χ0v) is 5.91. The summed E-state index contributed by atoms with van der Waals surface area (Å²) in [5.41, 5.74) is 0. The molecule has 0 saturated carbocycles. The molecule has 1 rings (SSSR count). The van der Waals surface area contributed by atoms with E-state index < -0.39 is 10.7 Å². The van der Waals surface area contributed by atoms with Crippen LogP contribution in [0.25, 0.3) is 0 Å². The van der Waals surface area contributed by atoms with Crippen LogP contribution in [0, 0.1) is 0 Å². The summed E-state index contributed by atoms with van der Waals surface area (Å²) < 4.78 is 20.6. The van der Waals surface area contributed by atoms with Crippen LogP contribution in [0.2, 0.25) is 0 Å². The molecular formula is C5H6N2O2S. The zero-order chi connectivity index (χ0) is 7.40. The molecular weight excluding hydrogens is 152 g/mol. The maximum absolute atomic E-state index is 10.3. The molecule has 10 heavy (non-hydrogen) atoms. The minimum absolute atomic E-state index is 0.0278. The normalized spacial score (nSPS) is 16.3. The van der Waals surface area contributed by atoms with Crippen LogP contribution in [-0.2, 0) is 10.7 Å². The second kappa shape index (κ2) is 3.17. The molecule has 5 heteroatoms. The molecule has 0 aromatic rings. The molecule has 0 aromatic heterocycles. The molecule has 0 atom stereocenters. The summed E-state index contributed by atoms with van der Waals surface area (Å²) in [4.78, 5) is 3.59. The smallest absolute Gasteiger partial charge is 0.222 e. The SMILES string of the molecule is O=[SH](=O)C1=NC=CC=CN1. The molecule has 0 amide bonds. The molecule has 0 fully saturated rings. The summed E-state index contributed by atoms with van der Waals surface area (Å²) >= 11 is 0. The van der Waals surface area contributed by atoms with Crippen molar-refractivity contribution in [1.29, 1.82) is 0 Å². The average molecular weight is 158 g/mol. The molecule has 0 radical (unpaired) electrons. The van der Waals surface area contributed by atoms with E-state index in [-0.39, 0.29) is 5.17 Å². The fraction of sp³-hybridized carbons (Fsp3) is 0. The first-order valence-corrected chi connectivity index (χ1v) is 3.79. The molecule has 1 aliphatic rings. The number of aliphatic imine (C=N–C) groups is 1. The summed E-state index contributed by atoms with van der Waals surface area (Å²) in [5, 5.41) is 2.46. The lowest BCUT2D eigenvalue weighted by molar-refractivity contribution is 0.623. The Morgan fingerprint density at radius 3 is 2.90 bits per heavy atom. The Hall–Kier alpha value is -1.10. The van der Waals surface area contributed by atoms with Gasteiger partial charge in [0.25, 0.3) is 0 Å². The van der Waals surface area contributed by atoms with Crippen molar-refractivity contribution in [3.63, 3.8) is 0 Å². The number of hydrogen-bond acceptors (Lipinski definition) is 4. The number of nitrogens with zero attached hydrogens (tertiary/aromatic N) is 1. The Morgan fingerprint density at radius 1 is 1.40 bits per heavy atom. The lowest BCUT2D eigenvalue weighted by atomic mass is 10.6. The highest BCUT2D eigenvalue weighted by Crippen LogP contribution is 1.85. The van der Waals surface area contributed by atoms with E-state index in [2.05, 4.69) is 10.3 Å². The van der Waals surface area contributed by atoms with Crippen LogP contribution in [0.4, 0.5) is 0 Å². The van der Waals surface area contributed by atoms with Gasteiger partial charge in [-0.15, -0.1) is 0 Å². The number of nitrogens with one attached hydrogen (secondary N) is 1. The highest BCUT2D eigenvalue weighted by atomic mass is 32.2. The summed E-state index contributed by atoms with van der Waals surface area (Å²) in [7, 11) is -2.60. The highest BCUT2D eigenvalue weighted by Gasteiger charge is 1.96. The Balaban J connectivity index is 2.88. The van der Waals surface area contributed by atoms with Crippen molar-refractivity contribution >= 4 is 15.9 Å². The van der Waals surface area contributed by atoms with Gasteiger partial charge in [0, 0.05) is 12.4 Å². The maximum atomic E-state index is 10.3. The fourth-order valence-corrected chi connectivity index (χ4v) is 0.820. The lowest BCUT2D eigenvalue weighted by Gasteiger charge is -1.91. The number of allylic oxidation sites excluding steroid dienone is 2. The molecule has 0 bridgehead atoms. The summed E-state index contributed by atoms with van der Waals surface area (Å²) in [6.07, 6.45) is 6.22. The van der Waals surface area contributed by atoms with E-state index in [0.29, 0.717) is 0 Å². The molecule has 0 saturated heterocycles. The molecule has 1 aliphatic heterocycles. The molecule has 1 heterocycles. The molecule has 0 spiro atoms. The zero-order valence-electron chi connectivity index (χ0n) is 5.02. The number of hydrogen-bond donors (Lipinski definition) is 2. The van der Waals surface area contributed by atoms with Crippen LogP contribution in [-0.4, -0.2) is 13.6 Å². The van der Waals surface area contributed by atoms with Gasteiger partial charge in [-0.2, -0.15) is 0 Å². The van der Waals surface area contributed by atoms with E-state index in [1.54, 1.807) is 12.2 Å². The first kappa shape index (κ1) is 7.01. The van der Waals surface area contributed by atoms with Crippen molar-refractivity contribution in [1.82, 2.24) is 5.32 Å². The topological polar surface area (TPSA) is 58.5 Å². The van der Waals surface area contributed by atoms with Gasteiger partial charge in [0.05, 0.1) is 0 Å². The van der Waals surface area contributed by atoms with Crippen molar-refractivity contribution in [3.05, 3.63) is 24.6 Å². The van der Waals surface area contributed by atoms with Crippen LogP contribution in [0.1, 0.15) is 0 Å². The Bertz CT molecular complexity index is 267. The van der Waals surface area contributed by atoms with E-state index in [1.807, 2.05) is 0 Å². The van der Waals surface area contributed by atoms with Gasteiger partial charge in [-0.1, -0.05) is 0 Å². The van der Waals surface area contributed by atoms with Crippen molar-refractivity contribution < 1.29 is 8.42 Å². The van der Waals surface area contributed by atoms with E-state index in [4.69, 9.17) is 0 Å². The Morgan fingerprint density at radius 2 is 2.20 bits per heavy atom. The summed E-state index contributed by atoms with van der Waals surface area (Å²) in [6, 6.07) is 0. The number of rotatable bonds is 0. The van der Waals surface area contributed by atoms with Crippen LogP contribution >= 0.6 is 0 Å². The van der Waals surface area contributed by atoms with E-state index in [0.717, 1.165) is 0 Å². The predicted molar refractivity (Wildman–Crippen MR) is 39.2 cm³/mol. The molecule has 54 valence electrons. The molecule has 1 N–H and O–H groups in total. The third-order valence-corrected chi connectivity index (χ3v) is 1.47. The maximum Gasteiger partial charge on any atom is 0.222 e. The van der Waals surface area contributed by atoms with Crippen LogP contribution in [0.15, 0.2) is 29.5 Å². The molecule has 0 aromatic carbocycles. The average Bonchev–Trinajstić information content (AvgIpc) is 2.12. The van der Waals surface area contributed by atoms with Crippen molar-refractivity contribution in [2.45, 2.75) is 0 Å². The van der Waals surface area contributed by atoms with Gasteiger partial charge >= 0.3 is 0 Å². The Kier molecular flexibility index (Phi) is 2.22. The van der Waals surface area contributed by atoms with E-state index >= 15 is 0 Å². The quantitative estimate of drug-likeness (QED) is 0.471. The Labute approximate surface area is 59.9 Å². The molecule has 0 unspecified atom stereocenters. The number of amidine groups is 1. The molecule has 4 nitrogen and oxygen atoms in total. The van der Waals surface area contributed by atoms with Gasteiger partial charge in [-0.05, 0) is 12.2 Å². The first-order chi connectivity index (χ1) is 4.80. The molecule has 0 aliphatic carbocycles. The summed E-state index contributed by atoms with van der Waals surface area (Å²) in [5.74, 6) is 0. The van der Waals surface area contributed by atoms with E-state index in [9.17, 15) is 8.42 Å². The second-order valence-electron chi connectivity index (χ2n) is 1.55. The minimum Gasteiger partial charge on any atom is -0.337 e.